The van der Waals surface area contributed by atoms with Crippen LogP contribution < -0.4 is 15.6 Å². The molecule has 170 valence electrons. The summed E-state index contributed by atoms with van der Waals surface area (Å²) >= 11 is 0. The summed E-state index contributed by atoms with van der Waals surface area (Å²) in [6.07, 6.45) is -4.93. The first-order valence-electron chi connectivity index (χ1n) is 8.97. The van der Waals surface area contributed by atoms with Crippen molar-refractivity contribution in [1.82, 2.24) is 9.55 Å². The Morgan fingerprint density at radius 1 is 1.10 bits per heavy atom. The molecule has 1 N–H and O–H groups in total. The minimum absolute atomic E-state index is 0.144. The number of nitrogens with zero attached hydrogens (tertiary/aromatic N) is 3. The molecule has 31 heavy (non-hydrogen) atoms. The Hall–Kier alpha value is -3.55. The van der Waals surface area contributed by atoms with E-state index < -0.39 is 53.7 Å². The van der Waals surface area contributed by atoms with Gasteiger partial charge in [-0.05, 0) is 5.18 Å². The number of aromatic nitrogens is 2. The number of esters is 3. The summed E-state index contributed by atoms with van der Waals surface area (Å²) in [5.74, 6) is -2.48. The van der Waals surface area contributed by atoms with E-state index in [-0.39, 0.29) is 18.4 Å². The Balaban J connectivity index is 2.47. The average molecular weight is 442 g/mol. The molecule has 1 fully saturated rings. The molecule has 0 saturated carbocycles. The molecule has 2 heterocycles. The highest BCUT2D eigenvalue weighted by Gasteiger charge is 2.47. The number of nitroso groups, excluding NO2 is 1. The normalized spacial score (nSPS) is 22.7. The largest absolute Gasteiger partial charge is 0.468 e. The van der Waals surface area contributed by atoms with Gasteiger partial charge in [-0.2, -0.15) is 4.98 Å². The number of nitrogens with one attached hydrogen (secondary N) is 1. The maximum absolute atomic E-state index is 12.3. The lowest BCUT2D eigenvalue weighted by atomic mass is 10.0. The lowest BCUT2D eigenvalue weighted by Gasteiger charge is -2.40. The van der Waals surface area contributed by atoms with E-state index in [0.29, 0.717) is 0 Å². The van der Waals surface area contributed by atoms with E-state index in [0.717, 1.165) is 25.3 Å². The third-order valence-corrected chi connectivity index (χ3v) is 4.13. The SMILES string of the molecule is COc1nc(N[C@@H]2OC[C@@H](OC(C)=O)[C@H](OC(C)=O)[C@H]2OC(C)=O)c(N=O)c(=O)n1C. The summed E-state index contributed by atoms with van der Waals surface area (Å²) < 4.78 is 27.1. The van der Waals surface area contributed by atoms with Gasteiger partial charge in [0.15, 0.2) is 30.4 Å². The van der Waals surface area contributed by atoms with Gasteiger partial charge in [0, 0.05) is 27.8 Å². The van der Waals surface area contributed by atoms with Crippen molar-refractivity contribution in [3.63, 3.8) is 0 Å². The minimum Gasteiger partial charge on any atom is -0.468 e. The number of rotatable bonds is 7. The van der Waals surface area contributed by atoms with E-state index in [1.54, 1.807) is 0 Å². The van der Waals surface area contributed by atoms with Gasteiger partial charge in [0.05, 0.1) is 13.7 Å². The zero-order valence-electron chi connectivity index (χ0n) is 17.4. The van der Waals surface area contributed by atoms with Crippen LogP contribution in [0.1, 0.15) is 20.8 Å². The fraction of sp³-hybridized carbons (Fsp3) is 0.588. The molecule has 4 atom stereocenters. The van der Waals surface area contributed by atoms with Crippen molar-refractivity contribution in [3.05, 3.63) is 15.3 Å². The number of anilines is 1. The van der Waals surface area contributed by atoms with Gasteiger partial charge in [-0.15, -0.1) is 4.91 Å². The fourth-order valence-corrected chi connectivity index (χ4v) is 2.94. The van der Waals surface area contributed by atoms with Crippen LogP contribution in [-0.4, -0.2) is 65.7 Å². The molecule has 0 amide bonds. The number of carbonyl (C=O) groups excluding carboxylic acids is 3. The third kappa shape index (κ3) is 5.53. The second kappa shape index (κ2) is 9.97. The highest BCUT2D eigenvalue weighted by molar-refractivity contribution is 5.68. The van der Waals surface area contributed by atoms with E-state index in [9.17, 15) is 24.1 Å². The average Bonchev–Trinajstić information content (AvgIpc) is 2.68. The van der Waals surface area contributed by atoms with Crippen molar-refractivity contribution in [3.8, 4) is 6.01 Å². The second-order valence-corrected chi connectivity index (χ2v) is 6.45. The molecule has 1 aromatic rings. The van der Waals surface area contributed by atoms with Crippen LogP contribution >= 0.6 is 0 Å². The number of methoxy groups -OCH3 is 1. The first kappa shape index (κ1) is 23.7. The summed E-state index contributed by atoms with van der Waals surface area (Å²) in [6.45, 7) is 3.11. The Kier molecular flexibility index (Phi) is 7.63. The van der Waals surface area contributed by atoms with Crippen LogP contribution in [0.15, 0.2) is 9.97 Å². The Bertz CT molecular complexity index is 930. The van der Waals surface area contributed by atoms with Gasteiger partial charge in [-0.25, -0.2) is 0 Å². The molecule has 0 unspecified atom stereocenters. The van der Waals surface area contributed by atoms with Crippen LogP contribution in [-0.2, 0) is 40.4 Å². The van der Waals surface area contributed by atoms with Gasteiger partial charge in [-0.1, -0.05) is 0 Å². The van der Waals surface area contributed by atoms with E-state index in [4.69, 9.17) is 23.7 Å². The van der Waals surface area contributed by atoms with Crippen molar-refractivity contribution in [1.29, 1.82) is 0 Å². The van der Waals surface area contributed by atoms with Crippen LogP contribution in [0.4, 0.5) is 11.5 Å². The standard InChI is InChI=1S/C17H22N4O10/c1-7(22)29-10-6-28-15(13(31-9(3)24)12(10)30-8(2)23)18-14-11(20-26)16(25)21(4)17(19-14)27-5/h10,12-13,15,18H,6H2,1-5H3/t10-,12+,13-,15-/m1/s1. The molecule has 2 rings (SSSR count). The Morgan fingerprint density at radius 3 is 2.19 bits per heavy atom. The van der Waals surface area contributed by atoms with Crippen molar-refractivity contribution < 1.29 is 38.1 Å². The van der Waals surface area contributed by atoms with Gasteiger partial charge in [0.2, 0.25) is 5.69 Å². The Morgan fingerprint density at radius 2 is 1.68 bits per heavy atom. The van der Waals surface area contributed by atoms with Gasteiger partial charge >= 0.3 is 23.9 Å². The molecule has 1 aromatic heterocycles. The highest BCUT2D eigenvalue weighted by Crippen LogP contribution is 2.28. The summed E-state index contributed by atoms with van der Waals surface area (Å²) in [6, 6.07) is -0.144. The molecule has 0 radical (unpaired) electrons. The predicted molar refractivity (Wildman–Crippen MR) is 102 cm³/mol. The minimum atomic E-state index is -1.34. The topological polar surface area (TPSA) is 174 Å². The van der Waals surface area contributed by atoms with E-state index in [1.165, 1.54) is 14.2 Å². The molecule has 0 spiro atoms. The third-order valence-electron chi connectivity index (χ3n) is 4.13. The number of ether oxygens (including phenoxy) is 5. The van der Waals surface area contributed by atoms with Gasteiger partial charge < -0.3 is 29.0 Å². The summed E-state index contributed by atoms with van der Waals surface area (Å²) in [5, 5.41) is 5.34. The van der Waals surface area contributed by atoms with Crippen LogP contribution in [0.25, 0.3) is 0 Å². The van der Waals surface area contributed by atoms with Crippen LogP contribution in [0.5, 0.6) is 6.01 Å². The number of carbonyl (C=O) groups is 3. The fourth-order valence-electron chi connectivity index (χ4n) is 2.94. The summed E-state index contributed by atoms with van der Waals surface area (Å²) in [7, 11) is 2.59. The second-order valence-electron chi connectivity index (χ2n) is 6.45. The number of hydrogen-bond acceptors (Lipinski definition) is 13. The zero-order chi connectivity index (χ0) is 23.3. The van der Waals surface area contributed by atoms with Crippen molar-refractivity contribution in [2.24, 2.45) is 12.2 Å². The van der Waals surface area contributed by atoms with Gasteiger partial charge in [-0.3, -0.25) is 23.7 Å². The van der Waals surface area contributed by atoms with Gasteiger partial charge in [0.1, 0.15) is 0 Å². The van der Waals surface area contributed by atoms with Crippen LogP contribution in [0.3, 0.4) is 0 Å². The molecular weight excluding hydrogens is 420 g/mol. The molecule has 0 aromatic carbocycles. The first-order valence-corrected chi connectivity index (χ1v) is 8.97. The molecule has 1 saturated heterocycles. The molecule has 1 aliphatic rings. The van der Waals surface area contributed by atoms with Crippen molar-refractivity contribution >= 4 is 29.4 Å². The lowest BCUT2D eigenvalue weighted by Crippen LogP contribution is -2.59. The molecule has 14 nitrogen and oxygen atoms in total. The maximum Gasteiger partial charge on any atom is 0.303 e. The van der Waals surface area contributed by atoms with Crippen LogP contribution in [0, 0.1) is 4.91 Å². The molecular formula is C17H22N4O10. The van der Waals surface area contributed by atoms with Crippen LogP contribution in [0.2, 0.25) is 0 Å². The van der Waals surface area contributed by atoms with Gasteiger partial charge in [0.25, 0.3) is 5.56 Å². The quantitative estimate of drug-likeness (QED) is 0.334. The van der Waals surface area contributed by atoms with E-state index in [1.807, 2.05) is 0 Å². The molecule has 1 aliphatic heterocycles. The summed E-state index contributed by atoms with van der Waals surface area (Å²) in [5.41, 5.74) is -1.39. The van der Waals surface area contributed by atoms with E-state index in [2.05, 4.69) is 15.5 Å². The number of hydrogen-bond donors (Lipinski definition) is 1. The maximum atomic E-state index is 12.3. The smallest absolute Gasteiger partial charge is 0.303 e. The zero-order valence-corrected chi connectivity index (χ0v) is 17.4. The van der Waals surface area contributed by atoms with Crippen molar-refractivity contribution in [2.75, 3.05) is 19.0 Å². The lowest BCUT2D eigenvalue weighted by molar-refractivity contribution is -0.221. The predicted octanol–water partition coefficient (Wildman–Crippen LogP) is -0.250. The Labute approximate surface area is 175 Å². The van der Waals surface area contributed by atoms with E-state index >= 15 is 0 Å². The monoisotopic (exact) mass is 442 g/mol. The molecule has 0 bridgehead atoms. The van der Waals surface area contributed by atoms with Crippen molar-refractivity contribution in [2.45, 2.75) is 45.3 Å². The summed E-state index contributed by atoms with van der Waals surface area (Å²) in [4.78, 5) is 62.3. The first-order chi connectivity index (χ1) is 14.6. The highest BCUT2D eigenvalue weighted by atomic mass is 16.6. The molecule has 14 heteroatoms. The molecule has 0 aliphatic carbocycles.